The van der Waals surface area contributed by atoms with E-state index in [1.807, 2.05) is 0 Å². The van der Waals surface area contributed by atoms with Gasteiger partial charge < -0.3 is 10.5 Å². The van der Waals surface area contributed by atoms with Gasteiger partial charge in [0.2, 0.25) is 5.88 Å². The fourth-order valence-electron chi connectivity index (χ4n) is 1.86. The zero-order valence-corrected chi connectivity index (χ0v) is 10.7. The molecule has 0 saturated heterocycles. The molecule has 21 heavy (non-hydrogen) atoms. The Balaban J connectivity index is 2.06. The molecule has 3 aromatic rings. The molecule has 0 unspecified atom stereocenters. The van der Waals surface area contributed by atoms with Crippen molar-refractivity contribution in [2.75, 3.05) is 5.73 Å². The first-order chi connectivity index (χ1) is 9.95. The van der Waals surface area contributed by atoms with E-state index >= 15 is 0 Å². The predicted molar refractivity (Wildman–Crippen MR) is 69.2 cm³/mol. The topological polar surface area (TPSA) is 98.3 Å². The molecule has 2 heterocycles. The molecule has 108 valence electrons. The Morgan fingerprint density at radius 3 is 2.81 bits per heavy atom. The van der Waals surface area contributed by atoms with E-state index in [0.717, 1.165) is 12.1 Å². The van der Waals surface area contributed by atoms with Crippen molar-refractivity contribution in [1.82, 2.24) is 19.6 Å². The van der Waals surface area contributed by atoms with Gasteiger partial charge in [0.05, 0.1) is 5.69 Å². The van der Waals surface area contributed by atoms with Gasteiger partial charge in [-0.05, 0) is 6.92 Å². The second kappa shape index (κ2) is 4.54. The fourth-order valence-corrected chi connectivity index (χ4v) is 1.86. The van der Waals surface area contributed by atoms with Crippen molar-refractivity contribution in [3.63, 3.8) is 0 Å². The SMILES string of the molecule is Cc1nc(Oc2cc(F)c(N)cc2F)cc2n[nH]c(=O)n12. The first-order valence-electron chi connectivity index (χ1n) is 5.83. The largest absolute Gasteiger partial charge is 0.436 e. The number of ether oxygens (including phenoxy) is 1. The van der Waals surface area contributed by atoms with E-state index in [1.54, 1.807) is 6.92 Å². The predicted octanol–water partition coefficient (Wildman–Crippen LogP) is 1.38. The molecule has 0 radical (unpaired) electrons. The number of rotatable bonds is 2. The zero-order chi connectivity index (χ0) is 15.1. The number of nitrogens with one attached hydrogen (secondary N) is 1. The Labute approximate surface area is 116 Å². The first kappa shape index (κ1) is 13.0. The lowest BCUT2D eigenvalue weighted by Gasteiger charge is -2.08. The van der Waals surface area contributed by atoms with Gasteiger partial charge in [0, 0.05) is 18.2 Å². The minimum atomic E-state index is -0.826. The summed E-state index contributed by atoms with van der Waals surface area (Å²) in [5.41, 5.74) is 4.72. The highest BCUT2D eigenvalue weighted by Gasteiger charge is 2.13. The van der Waals surface area contributed by atoms with Gasteiger partial charge >= 0.3 is 5.69 Å². The van der Waals surface area contributed by atoms with Gasteiger partial charge in [0.1, 0.15) is 11.6 Å². The average molecular weight is 293 g/mol. The molecular formula is C12H9F2N5O2. The Kier molecular flexibility index (Phi) is 2.82. The van der Waals surface area contributed by atoms with Crippen molar-refractivity contribution in [1.29, 1.82) is 0 Å². The number of nitrogens with two attached hydrogens (primary N) is 1. The summed E-state index contributed by atoms with van der Waals surface area (Å²) in [5.74, 6) is -1.73. The number of hydrogen-bond donors (Lipinski definition) is 2. The average Bonchev–Trinajstić information content (AvgIpc) is 2.78. The van der Waals surface area contributed by atoms with E-state index in [1.165, 1.54) is 10.5 Å². The van der Waals surface area contributed by atoms with E-state index in [0.29, 0.717) is 0 Å². The maximum atomic E-state index is 13.7. The highest BCUT2D eigenvalue weighted by molar-refractivity contribution is 5.47. The van der Waals surface area contributed by atoms with Crippen molar-refractivity contribution in [3.8, 4) is 11.6 Å². The number of aromatic amines is 1. The number of H-pyrrole nitrogens is 1. The van der Waals surface area contributed by atoms with Crippen LogP contribution in [0.4, 0.5) is 14.5 Å². The van der Waals surface area contributed by atoms with Gasteiger partial charge in [0.25, 0.3) is 0 Å². The van der Waals surface area contributed by atoms with Crippen LogP contribution in [0.1, 0.15) is 5.82 Å². The van der Waals surface area contributed by atoms with Gasteiger partial charge in [-0.25, -0.2) is 23.1 Å². The second-order valence-electron chi connectivity index (χ2n) is 4.27. The third-order valence-electron chi connectivity index (χ3n) is 2.81. The second-order valence-corrected chi connectivity index (χ2v) is 4.27. The lowest BCUT2D eigenvalue weighted by molar-refractivity contribution is 0.421. The number of nitrogen functional groups attached to an aromatic ring is 1. The van der Waals surface area contributed by atoms with Crippen molar-refractivity contribution in [3.05, 3.63) is 46.1 Å². The Hall–Kier alpha value is -2.97. The van der Waals surface area contributed by atoms with E-state index in [2.05, 4.69) is 15.2 Å². The Morgan fingerprint density at radius 2 is 2.05 bits per heavy atom. The molecule has 0 aliphatic rings. The normalized spacial score (nSPS) is 11.0. The lowest BCUT2D eigenvalue weighted by Crippen LogP contribution is -2.13. The third-order valence-corrected chi connectivity index (χ3v) is 2.81. The van der Waals surface area contributed by atoms with E-state index in [-0.39, 0.29) is 28.8 Å². The molecule has 0 amide bonds. The summed E-state index contributed by atoms with van der Waals surface area (Å²) >= 11 is 0. The molecule has 3 N–H and O–H groups in total. The van der Waals surface area contributed by atoms with Crippen LogP contribution >= 0.6 is 0 Å². The Bertz CT molecular complexity index is 903. The van der Waals surface area contributed by atoms with Crippen LogP contribution in [0, 0.1) is 18.6 Å². The third kappa shape index (κ3) is 2.18. The van der Waals surface area contributed by atoms with E-state index in [4.69, 9.17) is 10.5 Å². The standard InChI is InChI=1S/C12H9F2N5O2/c1-5-16-11(4-10-17-18-12(20)19(5)10)21-9-3-6(13)8(15)2-7(9)14/h2-4H,15H2,1H3,(H,18,20). The number of fused-ring (bicyclic) bond motifs is 1. The van der Waals surface area contributed by atoms with E-state index < -0.39 is 17.3 Å². The van der Waals surface area contributed by atoms with Crippen molar-refractivity contribution >= 4 is 11.3 Å². The van der Waals surface area contributed by atoms with Crippen LogP contribution in [0.15, 0.2) is 23.0 Å². The summed E-state index contributed by atoms with van der Waals surface area (Å²) in [6.45, 7) is 1.55. The highest BCUT2D eigenvalue weighted by Crippen LogP contribution is 2.27. The molecule has 0 spiro atoms. The molecule has 9 heteroatoms. The van der Waals surface area contributed by atoms with E-state index in [9.17, 15) is 13.6 Å². The molecule has 0 aliphatic carbocycles. The quantitative estimate of drug-likeness (QED) is 0.695. The molecule has 0 atom stereocenters. The number of aryl methyl sites for hydroxylation is 1. The van der Waals surface area contributed by atoms with Gasteiger partial charge in [-0.3, -0.25) is 0 Å². The molecule has 0 fully saturated rings. The summed E-state index contributed by atoms with van der Waals surface area (Å²) in [4.78, 5) is 15.4. The van der Waals surface area contributed by atoms with Gasteiger partial charge in [-0.2, -0.15) is 10.1 Å². The van der Waals surface area contributed by atoms with Crippen LogP contribution in [0.5, 0.6) is 11.6 Å². The minimum Gasteiger partial charge on any atom is -0.436 e. The zero-order valence-electron chi connectivity index (χ0n) is 10.7. The minimum absolute atomic E-state index is 0.0259. The lowest BCUT2D eigenvalue weighted by atomic mass is 10.3. The highest BCUT2D eigenvalue weighted by atomic mass is 19.1. The summed E-state index contributed by atoms with van der Waals surface area (Å²) in [5, 5.41) is 6.00. The number of anilines is 1. The van der Waals surface area contributed by atoms with Crippen LogP contribution in [0.2, 0.25) is 0 Å². The van der Waals surface area contributed by atoms with Crippen LogP contribution < -0.4 is 16.2 Å². The summed E-state index contributed by atoms with van der Waals surface area (Å²) in [6.07, 6.45) is 0. The number of aromatic nitrogens is 4. The first-order valence-corrected chi connectivity index (χ1v) is 5.83. The van der Waals surface area contributed by atoms with Crippen LogP contribution in [0.3, 0.4) is 0 Å². The number of halogens is 2. The van der Waals surface area contributed by atoms with Crippen molar-refractivity contribution in [2.24, 2.45) is 0 Å². The van der Waals surface area contributed by atoms with Gasteiger partial charge in [-0.15, -0.1) is 0 Å². The molecular weight excluding hydrogens is 284 g/mol. The number of benzene rings is 1. The van der Waals surface area contributed by atoms with Crippen molar-refractivity contribution in [2.45, 2.75) is 6.92 Å². The molecule has 0 bridgehead atoms. The van der Waals surface area contributed by atoms with Gasteiger partial charge in [0.15, 0.2) is 17.2 Å². The maximum Gasteiger partial charge on any atom is 0.349 e. The molecule has 3 rings (SSSR count). The molecule has 7 nitrogen and oxygen atoms in total. The molecule has 2 aromatic heterocycles. The van der Waals surface area contributed by atoms with Crippen LogP contribution in [0.25, 0.3) is 5.65 Å². The van der Waals surface area contributed by atoms with Gasteiger partial charge in [-0.1, -0.05) is 0 Å². The van der Waals surface area contributed by atoms with Crippen LogP contribution in [-0.4, -0.2) is 19.6 Å². The smallest absolute Gasteiger partial charge is 0.349 e. The Morgan fingerprint density at radius 1 is 1.29 bits per heavy atom. The summed E-state index contributed by atoms with van der Waals surface area (Å²) in [7, 11) is 0. The molecule has 1 aromatic carbocycles. The maximum absolute atomic E-state index is 13.7. The number of hydrogen-bond acceptors (Lipinski definition) is 5. The summed E-state index contributed by atoms with van der Waals surface area (Å²) in [6, 6.07) is 2.95. The molecule has 0 saturated carbocycles. The van der Waals surface area contributed by atoms with Crippen LogP contribution in [-0.2, 0) is 0 Å². The summed E-state index contributed by atoms with van der Waals surface area (Å²) < 4.78 is 33.4. The fraction of sp³-hybridized carbons (Fsp3) is 0.0833. The van der Waals surface area contributed by atoms with Crippen molar-refractivity contribution < 1.29 is 13.5 Å². The number of nitrogens with zero attached hydrogens (tertiary/aromatic N) is 3. The monoisotopic (exact) mass is 293 g/mol. The molecule has 0 aliphatic heterocycles.